The van der Waals surface area contributed by atoms with Gasteiger partial charge in [-0.3, -0.25) is 4.79 Å². The van der Waals surface area contributed by atoms with Crippen LogP contribution in [0.2, 0.25) is 0 Å². The molecule has 0 saturated heterocycles. The first kappa shape index (κ1) is 10.2. The molecule has 1 aromatic heterocycles. The number of carbonyl (C=O) groups is 2. The number of carboxylic acid groups (broad SMARTS) is 2. The summed E-state index contributed by atoms with van der Waals surface area (Å²) in [6.45, 7) is 0. The van der Waals surface area contributed by atoms with Crippen LogP contribution in [0.4, 0.5) is 0 Å². The highest BCUT2D eigenvalue weighted by Crippen LogP contribution is 2.08. The minimum Gasteiger partial charge on any atom is -0.480 e. The van der Waals surface area contributed by atoms with E-state index in [9.17, 15) is 9.59 Å². The van der Waals surface area contributed by atoms with Gasteiger partial charge in [-0.25, -0.2) is 9.78 Å². The molecule has 0 amide bonds. The predicted octanol–water partition coefficient (Wildman–Crippen LogP) is -0.673. The van der Waals surface area contributed by atoms with Gasteiger partial charge in [-0.15, -0.1) is 0 Å². The maximum atomic E-state index is 10.5. The summed E-state index contributed by atoms with van der Waals surface area (Å²) in [4.78, 5) is 24.3. The zero-order valence-electron chi connectivity index (χ0n) is 7.01. The van der Waals surface area contributed by atoms with Gasteiger partial charge in [0.2, 0.25) is 0 Å². The quantitative estimate of drug-likeness (QED) is 0.587. The molecule has 1 aromatic rings. The summed E-state index contributed by atoms with van der Waals surface area (Å²) in [7, 11) is 0. The normalized spacial score (nSPS) is 12.4. The first-order chi connectivity index (χ1) is 6.52. The molecule has 0 bridgehead atoms. The van der Waals surface area contributed by atoms with Gasteiger partial charge in [-0.1, -0.05) is 0 Å². The molecule has 0 unspecified atom stereocenters. The smallest absolute Gasteiger partial charge is 0.358 e. The van der Waals surface area contributed by atoms with Gasteiger partial charge in [-0.2, -0.15) is 0 Å². The number of aromatic nitrogens is 1. The molecule has 76 valence electrons. The van der Waals surface area contributed by atoms with Gasteiger partial charge in [0.1, 0.15) is 11.8 Å². The SMILES string of the molecule is N[C@H](Cc1ocnc1C(=O)O)C(=O)O. The monoisotopic (exact) mass is 200 g/mol. The number of rotatable bonds is 4. The Hall–Kier alpha value is -1.89. The van der Waals surface area contributed by atoms with Crippen LogP contribution in [-0.4, -0.2) is 33.2 Å². The minimum atomic E-state index is -1.27. The molecule has 0 radical (unpaired) electrons. The number of aliphatic carboxylic acids is 1. The first-order valence-corrected chi connectivity index (χ1v) is 3.66. The van der Waals surface area contributed by atoms with Crippen molar-refractivity contribution < 1.29 is 24.2 Å². The van der Waals surface area contributed by atoms with Gasteiger partial charge in [0.25, 0.3) is 0 Å². The van der Waals surface area contributed by atoms with E-state index >= 15 is 0 Å². The number of nitrogens with zero attached hydrogens (tertiary/aromatic N) is 1. The molecular weight excluding hydrogens is 192 g/mol. The first-order valence-electron chi connectivity index (χ1n) is 3.66. The summed E-state index contributed by atoms with van der Waals surface area (Å²) in [5.41, 5.74) is 4.89. The highest BCUT2D eigenvalue weighted by Gasteiger charge is 2.21. The van der Waals surface area contributed by atoms with E-state index in [2.05, 4.69) is 4.98 Å². The van der Waals surface area contributed by atoms with Crippen molar-refractivity contribution in [3.8, 4) is 0 Å². The van der Waals surface area contributed by atoms with E-state index in [0.717, 1.165) is 6.39 Å². The van der Waals surface area contributed by atoms with E-state index in [4.69, 9.17) is 20.4 Å². The van der Waals surface area contributed by atoms with Gasteiger partial charge in [-0.05, 0) is 0 Å². The Balaban J connectivity index is 2.81. The fourth-order valence-corrected chi connectivity index (χ4v) is 0.877. The molecule has 7 heteroatoms. The second-order valence-electron chi connectivity index (χ2n) is 2.58. The second-order valence-corrected chi connectivity index (χ2v) is 2.58. The molecule has 1 rings (SSSR count). The van der Waals surface area contributed by atoms with Crippen molar-refractivity contribution in [3.05, 3.63) is 17.8 Å². The van der Waals surface area contributed by atoms with E-state index in [1.54, 1.807) is 0 Å². The summed E-state index contributed by atoms with van der Waals surface area (Å²) in [6.07, 6.45) is 0.740. The molecule has 14 heavy (non-hydrogen) atoms. The Bertz CT molecular complexity index is 359. The molecule has 0 spiro atoms. The van der Waals surface area contributed by atoms with Crippen molar-refractivity contribution in [2.75, 3.05) is 0 Å². The molecule has 0 aliphatic heterocycles. The van der Waals surface area contributed by atoms with Crippen LogP contribution in [0.1, 0.15) is 16.2 Å². The molecule has 0 fully saturated rings. The number of hydrogen-bond donors (Lipinski definition) is 3. The molecule has 4 N–H and O–H groups in total. The fraction of sp³-hybridized carbons (Fsp3) is 0.286. The lowest BCUT2D eigenvalue weighted by molar-refractivity contribution is -0.138. The van der Waals surface area contributed by atoms with Crippen LogP contribution < -0.4 is 5.73 Å². The van der Waals surface area contributed by atoms with Crippen molar-refractivity contribution >= 4 is 11.9 Å². The number of nitrogens with two attached hydrogens (primary N) is 1. The molecule has 0 aromatic carbocycles. The summed E-state index contributed by atoms with van der Waals surface area (Å²) in [6, 6.07) is -1.19. The zero-order valence-corrected chi connectivity index (χ0v) is 7.01. The third kappa shape index (κ3) is 2.07. The average molecular weight is 200 g/mol. The van der Waals surface area contributed by atoms with Crippen molar-refractivity contribution in [2.24, 2.45) is 5.73 Å². The fourth-order valence-electron chi connectivity index (χ4n) is 0.877. The Morgan fingerprint density at radius 3 is 2.71 bits per heavy atom. The third-order valence-corrected chi connectivity index (χ3v) is 1.57. The van der Waals surface area contributed by atoms with E-state index in [0.29, 0.717) is 0 Å². The Kier molecular flexibility index (Phi) is 2.82. The van der Waals surface area contributed by atoms with E-state index in [-0.39, 0.29) is 17.9 Å². The predicted molar refractivity (Wildman–Crippen MR) is 42.8 cm³/mol. The topological polar surface area (TPSA) is 127 Å². The largest absolute Gasteiger partial charge is 0.480 e. The highest BCUT2D eigenvalue weighted by molar-refractivity contribution is 5.86. The number of hydrogen-bond acceptors (Lipinski definition) is 5. The standard InChI is InChI=1S/C7H8N2O5/c8-3(6(10)11)1-4-5(7(12)13)9-2-14-4/h2-3H,1,8H2,(H,10,11)(H,12,13)/t3-/m1/s1. The van der Waals surface area contributed by atoms with Crippen molar-refractivity contribution in [3.63, 3.8) is 0 Å². The van der Waals surface area contributed by atoms with Crippen LogP contribution in [-0.2, 0) is 11.2 Å². The van der Waals surface area contributed by atoms with Crippen molar-refractivity contribution in [1.82, 2.24) is 4.98 Å². The van der Waals surface area contributed by atoms with Crippen molar-refractivity contribution in [2.45, 2.75) is 12.5 Å². The van der Waals surface area contributed by atoms with Crippen LogP contribution in [0, 0.1) is 0 Å². The highest BCUT2D eigenvalue weighted by atomic mass is 16.4. The van der Waals surface area contributed by atoms with Gasteiger partial charge in [0.05, 0.1) is 0 Å². The maximum Gasteiger partial charge on any atom is 0.358 e. The van der Waals surface area contributed by atoms with Crippen molar-refractivity contribution in [1.29, 1.82) is 0 Å². The minimum absolute atomic E-state index is 0.0348. The molecule has 1 atom stereocenters. The van der Waals surface area contributed by atoms with E-state index in [1.807, 2.05) is 0 Å². The Labute approximate surface area is 78.2 Å². The number of carboxylic acids is 2. The van der Waals surface area contributed by atoms with E-state index in [1.165, 1.54) is 0 Å². The Morgan fingerprint density at radius 1 is 1.57 bits per heavy atom. The average Bonchev–Trinajstić information content (AvgIpc) is 2.52. The van der Waals surface area contributed by atoms with Gasteiger partial charge in [0.15, 0.2) is 12.1 Å². The van der Waals surface area contributed by atoms with Gasteiger partial charge in [0, 0.05) is 6.42 Å². The lowest BCUT2D eigenvalue weighted by Gasteiger charge is -2.02. The van der Waals surface area contributed by atoms with Gasteiger partial charge < -0.3 is 20.4 Å². The molecule has 1 heterocycles. The second kappa shape index (κ2) is 3.88. The maximum absolute atomic E-state index is 10.5. The summed E-state index contributed by atoms with van der Waals surface area (Å²) < 4.78 is 4.71. The number of aromatic carboxylic acids is 1. The molecular formula is C7H8N2O5. The summed E-state index contributed by atoms with van der Waals surface area (Å²) in [5.74, 6) is -2.53. The molecule has 0 saturated carbocycles. The Morgan fingerprint density at radius 2 is 2.21 bits per heavy atom. The van der Waals surface area contributed by atoms with Gasteiger partial charge >= 0.3 is 11.9 Å². The van der Waals surface area contributed by atoms with Crippen LogP contribution in [0.25, 0.3) is 0 Å². The van der Waals surface area contributed by atoms with Crippen LogP contribution in [0.15, 0.2) is 10.8 Å². The summed E-state index contributed by atoms with van der Waals surface area (Å²) >= 11 is 0. The molecule has 7 nitrogen and oxygen atoms in total. The lowest BCUT2D eigenvalue weighted by atomic mass is 10.1. The van der Waals surface area contributed by atoms with Crippen LogP contribution in [0.3, 0.4) is 0 Å². The molecule has 0 aliphatic rings. The number of oxazole rings is 1. The van der Waals surface area contributed by atoms with Crippen LogP contribution >= 0.6 is 0 Å². The van der Waals surface area contributed by atoms with E-state index < -0.39 is 18.0 Å². The molecule has 0 aliphatic carbocycles. The summed E-state index contributed by atoms with van der Waals surface area (Å²) in [5, 5.41) is 17.1. The lowest BCUT2D eigenvalue weighted by Crippen LogP contribution is -2.32. The third-order valence-electron chi connectivity index (χ3n) is 1.57. The zero-order chi connectivity index (χ0) is 10.7. The van der Waals surface area contributed by atoms with Crippen LogP contribution in [0.5, 0.6) is 0 Å².